The summed E-state index contributed by atoms with van der Waals surface area (Å²) in [5.74, 6) is 0.933. The molecule has 0 saturated heterocycles. The van der Waals surface area contributed by atoms with Gasteiger partial charge in [0.1, 0.15) is 17.3 Å². The van der Waals surface area contributed by atoms with Crippen LogP contribution >= 0.6 is 11.6 Å². The number of hydrazone groups is 1. The molecule has 2 aromatic carbocycles. The van der Waals surface area contributed by atoms with Crippen LogP contribution in [-0.2, 0) is 4.79 Å². The highest BCUT2D eigenvalue weighted by atomic mass is 35.5. The number of para-hydroxylation sites is 2. The molecule has 1 aromatic heterocycles. The molecule has 10 heteroatoms. The van der Waals surface area contributed by atoms with Crippen molar-refractivity contribution in [2.45, 2.75) is 0 Å². The van der Waals surface area contributed by atoms with E-state index in [0.717, 1.165) is 0 Å². The van der Waals surface area contributed by atoms with Crippen LogP contribution in [0.4, 0.5) is 11.4 Å². The standard InChI is InChI=1S/C20H17ClN4O5/c1-29-19-5-3-2-4-17(19)22-12-20(26)24-23-11-14-7-9-18(30-14)15-10-13(25(27)28)6-8-16(15)21/h2-11,22H,12H2,1H3,(H,24,26)/b23-11-. The van der Waals surface area contributed by atoms with E-state index in [1.165, 1.54) is 24.4 Å². The molecule has 154 valence electrons. The third kappa shape index (κ3) is 5.15. The van der Waals surface area contributed by atoms with Crippen LogP contribution in [-0.4, -0.2) is 30.7 Å². The average molecular weight is 429 g/mol. The fourth-order valence-corrected chi connectivity index (χ4v) is 2.77. The molecule has 1 amide bonds. The first-order valence-electron chi connectivity index (χ1n) is 8.71. The number of methoxy groups -OCH3 is 1. The van der Waals surface area contributed by atoms with E-state index in [-0.39, 0.29) is 18.1 Å². The molecule has 0 atom stereocenters. The second-order valence-electron chi connectivity index (χ2n) is 5.97. The number of rotatable bonds is 8. The van der Waals surface area contributed by atoms with E-state index in [0.29, 0.717) is 33.5 Å². The first kappa shape index (κ1) is 20.9. The van der Waals surface area contributed by atoms with Crippen molar-refractivity contribution in [2.75, 3.05) is 19.0 Å². The van der Waals surface area contributed by atoms with Crippen molar-refractivity contribution >= 4 is 35.1 Å². The fourth-order valence-electron chi connectivity index (χ4n) is 2.56. The summed E-state index contributed by atoms with van der Waals surface area (Å²) in [6, 6.07) is 14.5. The maximum atomic E-state index is 11.9. The zero-order valence-corrected chi connectivity index (χ0v) is 16.6. The Morgan fingerprint density at radius 1 is 1.27 bits per heavy atom. The van der Waals surface area contributed by atoms with Crippen LogP contribution < -0.4 is 15.5 Å². The maximum absolute atomic E-state index is 11.9. The van der Waals surface area contributed by atoms with E-state index in [9.17, 15) is 14.9 Å². The number of nitro groups is 1. The highest BCUT2D eigenvalue weighted by Gasteiger charge is 2.14. The van der Waals surface area contributed by atoms with Crippen molar-refractivity contribution in [1.29, 1.82) is 0 Å². The van der Waals surface area contributed by atoms with Crippen molar-refractivity contribution in [3.05, 3.63) is 75.5 Å². The van der Waals surface area contributed by atoms with Crippen LogP contribution in [0.5, 0.6) is 5.75 Å². The zero-order valence-electron chi connectivity index (χ0n) is 15.8. The van der Waals surface area contributed by atoms with Crippen LogP contribution in [0.2, 0.25) is 5.02 Å². The van der Waals surface area contributed by atoms with Gasteiger partial charge < -0.3 is 14.5 Å². The van der Waals surface area contributed by atoms with Gasteiger partial charge in [-0.1, -0.05) is 23.7 Å². The number of anilines is 1. The normalized spacial score (nSPS) is 10.7. The Bertz CT molecular complexity index is 1100. The minimum absolute atomic E-state index is 0.00952. The Hall–Kier alpha value is -3.85. The van der Waals surface area contributed by atoms with Gasteiger partial charge in [0, 0.05) is 17.7 Å². The molecule has 0 radical (unpaired) electrons. The summed E-state index contributed by atoms with van der Waals surface area (Å²) in [5.41, 5.74) is 3.34. The number of benzene rings is 2. The number of furan rings is 1. The first-order valence-corrected chi connectivity index (χ1v) is 9.08. The van der Waals surface area contributed by atoms with Gasteiger partial charge in [-0.25, -0.2) is 5.43 Å². The van der Waals surface area contributed by atoms with Gasteiger partial charge in [0.05, 0.1) is 35.5 Å². The molecule has 0 aliphatic heterocycles. The summed E-state index contributed by atoms with van der Waals surface area (Å²) in [4.78, 5) is 22.4. The van der Waals surface area contributed by atoms with E-state index in [4.69, 9.17) is 20.8 Å². The van der Waals surface area contributed by atoms with Gasteiger partial charge >= 0.3 is 0 Å². The minimum Gasteiger partial charge on any atom is -0.495 e. The molecule has 0 saturated carbocycles. The van der Waals surface area contributed by atoms with Crippen LogP contribution in [0.1, 0.15) is 5.76 Å². The predicted molar refractivity (Wildman–Crippen MR) is 113 cm³/mol. The Labute approximate surface area is 176 Å². The zero-order chi connectivity index (χ0) is 21.5. The molecule has 0 aliphatic rings. The second-order valence-corrected chi connectivity index (χ2v) is 6.38. The van der Waals surface area contributed by atoms with Crippen molar-refractivity contribution < 1.29 is 18.9 Å². The highest BCUT2D eigenvalue weighted by Crippen LogP contribution is 2.32. The van der Waals surface area contributed by atoms with Crippen molar-refractivity contribution in [1.82, 2.24) is 5.43 Å². The number of hydrogen-bond donors (Lipinski definition) is 2. The summed E-state index contributed by atoms with van der Waals surface area (Å²) in [5, 5.41) is 18.1. The molecule has 0 aliphatic carbocycles. The van der Waals surface area contributed by atoms with Gasteiger partial charge in [0.25, 0.3) is 11.6 Å². The van der Waals surface area contributed by atoms with E-state index in [1.54, 1.807) is 31.4 Å². The van der Waals surface area contributed by atoms with Gasteiger partial charge in [-0.3, -0.25) is 14.9 Å². The second kappa shape index (κ2) is 9.57. The number of halogens is 1. The van der Waals surface area contributed by atoms with Crippen LogP contribution in [0.3, 0.4) is 0 Å². The van der Waals surface area contributed by atoms with Gasteiger partial charge in [-0.15, -0.1) is 0 Å². The lowest BCUT2D eigenvalue weighted by Crippen LogP contribution is -2.26. The van der Waals surface area contributed by atoms with Gasteiger partial charge in [-0.05, 0) is 30.3 Å². The maximum Gasteiger partial charge on any atom is 0.270 e. The lowest BCUT2D eigenvalue weighted by molar-refractivity contribution is -0.384. The molecule has 3 rings (SSSR count). The molecular formula is C20H17ClN4O5. The smallest absolute Gasteiger partial charge is 0.270 e. The number of ether oxygens (including phenoxy) is 1. The average Bonchev–Trinajstić information content (AvgIpc) is 3.21. The monoisotopic (exact) mass is 428 g/mol. The lowest BCUT2D eigenvalue weighted by Gasteiger charge is -2.09. The van der Waals surface area contributed by atoms with Crippen LogP contribution in [0, 0.1) is 10.1 Å². The first-order chi connectivity index (χ1) is 14.5. The molecule has 30 heavy (non-hydrogen) atoms. The molecule has 3 aromatic rings. The third-order valence-electron chi connectivity index (χ3n) is 3.98. The minimum atomic E-state index is -0.514. The number of carbonyl (C=O) groups excluding carboxylic acids is 1. The number of nitrogens with zero attached hydrogens (tertiary/aromatic N) is 2. The third-order valence-corrected chi connectivity index (χ3v) is 4.31. The summed E-state index contributed by atoms with van der Waals surface area (Å²) >= 11 is 6.11. The lowest BCUT2D eigenvalue weighted by atomic mass is 10.1. The molecule has 9 nitrogen and oxygen atoms in total. The van der Waals surface area contributed by atoms with Crippen molar-refractivity contribution in [2.24, 2.45) is 5.10 Å². The molecule has 0 fully saturated rings. The molecule has 0 bridgehead atoms. The molecule has 0 unspecified atom stereocenters. The van der Waals surface area contributed by atoms with E-state index in [1.807, 2.05) is 12.1 Å². The van der Waals surface area contributed by atoms with Crippen LogP contribution in [0.25, 0.3) is 11.3 Å². The SMILES string of the molecule is COc1ccccc1NCC(=O)N/N=C\c1ccc(-c2cc([N+](=O)[O-])ccc2Cl)o1. The molecule has 1 heterocycles. The van der Waals surface area contributed by atoms with Crippen molar-refractivity contribution in [3.63, 3.8) is 0 Å². The fraction of sp³-hybridized carbons (Fsp3) is 0.100. The number of nitrogens with one attached hydrogen (secondary N) is 2. The number of nitro benzene ring substituents is 1. The molecular weight excluding hydrogens is 412 g/mol. The Morgan fingerprint density at radius 3 is 2.83 bits per heavy atom. The largest absolute Gasteiger partial charge is 0.495 e. The van der Waals surface area contributed by atoms with E-state index in [2.05, 4.69) is 15.8 Å². The Kier molecular flexibility index (Phi) is 6.66. The number of hydrogen-bond acceptors (Lipinski definition) is 7. The summed E-state index contributed by atoms with van der Waals surface area (Å²) < 4.78 is 10.8. The van der Waals surface area contributed by atoms with Gasteiger partial charge in [0.2, 0.25) is 0 Å². The summed E-state index contributed by atoms with van der Waals surface area (Å²) in [7, 11) is 1.54. The van der Waals surface area contributed by atoms with E-state index < -0.39 is 4.92 Å². The van der Waals surface area contributed by atoms with Crippen molar-refractivity contribution in [3.8, 4) is 17.1 Å². The Balaban J connectivity index is 1.59. The van der Waals surface area contributed by atoms with E-state index >= 15 is 0 Å². The quantitative estimate of drug-likeness (QED) is 0.317. The number of amides is 1. The topological polar surface area (TPSA) is 119 Å². The number of carbonyl (C=O) groups is 1. The van der Waals surface area contributed by atoms with Gasteiger partial charge in [0.15, 0.2) is 0 Å². The Morgan fingerprint density at radius 2 is 2.07 bits per heavy atom. The van der Waals surface area contributed by atoms with Crippen LogP contribution in [0.15, 0.2) is 64.1 Å². The predicted octanol–water partition coefficient (Wildman–Crippen LogP) is 4.08. The van der Waals surface area contributed by atoms with Gasteiger partial charge in [-0.2, -0.15) is 5.10 Å². The number of non-ortho nitro benzene ring substituents is 1. The summed E-state index contributed by atoms with van der Waals surface area (Å²) in [6.45, 7) is -0.00952. The summed E-state index contributed by atoms with van der Waals surface area (Å²) in [6.07, 6.45) is 1.32. The molecule has 2 N–H and O–H groups in total. The molecule has 0 spiro atoms. The highest BCUT2D eigenvalue weighted by molar-refractivity contribution is 6.33.